The van der Waals surface area contributed by atoms with Crippen LogP contribution in [0.1, 0.15) is 12.5 Å². The van der Waals surface area contributed by atoms with E-state index in [1.807, 2.05) is 12.3 Å². The lowest BCUT2D eigenvalue weighted by Crippen LogP contribution is -2.17. The highest BCUT2D eigenvalue weighted by Gasteiger charge is 2.12. The summed E-state index contributed by atoms with van der Waals surface area (Å²) in [4.78, 5) is 6.66. The van der Waals surface area contributed by atoms with Gasteiger partial charge in [0.2, 0.25) is 0 Å². The van der Waals surface area contributed by atoms with E-state index < -0.39 is 0 Å². The van der Waals surface area contributed by atoms with Gasteiger partial charge >= 0.3 is 0 Å². The Labute approximate surface area is 124 Å². The average Bonchev–Trinajstić information content (AvgIpc) is 2.35. The van der Waals surface area contributed by atoms with Crippen molar-refractivity contribution in [1.82, 2.24) is 4.98 Å². The molecule has 0 N–H and O–H groups in total. The maximum absolute atomic E-state index is 4.48. The second kappa shape index (κ2) is 5.85. The first-order valence-corrected chi connectivity index (χ1v) is 7.35. The minimum Gasteiger partial charge on any atom is -0.326 e. The zero-order valence-electron chi connectivity index (χ0n) is 10.3. The second-order valence-corrected chi connectivity index (χ2v) is 5.81. The van der Waals surface area contributed by atoms with Gasteiger partial charge in [0, 0.05) is 22.9 Å². The van der Waals surface area contributed by atoms with Crippen LogP contribution in [-0.4, -0.2) is 11.5 Å². The molecule has 1 aromatic heterocycles. The molecule has 1 heterocycles. The van der Waals surface area contributed by atoms with E-state index in [9.17, 15) is 0 Å². The molecule has 0 atom stereocenters. The van der Waals surface area contributed by atoms with Crippen molar-refractivity contribution >= 4 is 43.4 Å². The molecular formula is C14H14Br2N2. The van der Waals surface area contributed by atoms with Crippen LogP contribution in [0.5, 0.6) is 0 Å². The zero-order chi connectivity index (χ0) is 13.1. The summed E-state index contributed by atoms with van der Waals surface area (Å²) in [5, 5.41) is 0. The number of aryl methyl sites for hydroxylation is 1. The maximum Gasteiger partial charge on any atom is 0.147 e. The van der Waals surface area contributed by atoms with E-state index in [0.29, 0.717) is 0 Å². The van der Waals surface area contributed by atoms with Gasteiger partial charge in [-0.25, -0.2) is 4.98 Å². The van der Waals surface area contributed by atoms with Crippen LogP contribution in [0.2, 0.25) is 0 Å². The Hall–Kier alpha value is -0.870. The summed E-state index contributed by atoms with van der Waals surface area (Å²) in [6.07, 6.45) is 1.82. The Morgan fingerprint density at radius 1 is 1.17 bits per heavy atom. The SMILES string of the molecule is CCN(c1ccc(C)cc1)c1ncc(Br)cc1Br. The predicted molar refractivity (Wildman–Crippen MR) is 83.5 cm³/mol. The summed E-state index contributed by atoms with van der Waals surface area (Å²) < 4.78 is 1.96. The lowest BCUT2D eigenvalue weighted by atomic mass is 10.2. The number of hydrogen-bond donors (Lipinski definition) is 0. The van der Waals surface area contributed by atoms with Crippen LogP contribution in [0, 0.1) is 6.92 Å². The lowest BCUT2D eigenvalue weighted by molar-refractivity contribution is 0.982. The summed E-state index contributed by atoms with van der Waals surface area (Å²) in [5.74, 6) is 0.935. The lowest BCUT2D eigenvalue weighted by Gasteiger charge is -2.23. The number of nitrogens with zero attached hydrogens (tertiary/aromatic N) is 2. The van der Waals surface area contributed by atoms with Crippen LogP contribution in [-0.2, 0) is 0 Å². The second-order valence-electron chi connectivity index (χ2n) is 4.04. The Balaban J connectivity index is 2.41. The van der Waals surface area contributed by atoms with Gasteiger partial charge in [0.1, 0.15) is 5.82 Å². The summed E-state index contributed by atoms with van der Waals surface area (Å²) in [5.41, 5.74) is 2.41. The van der Waals surface area contributed by atoms with Gasteiger partial charge in [0.15, 0.2) is 0 Å². The molecule has 0 unspecified atom stereocenters. The predicted octanol–water partition coefficient (Wildman–Crippen LogP) is 5.07. The van der Waals surface area contributed by atoms with Gasteiger partial charge in [-0.2, -0.15) is 0 Å². The van der Waals surface area contributed by atoms with Crippen molar-refractivity contribution in [3.8, 4) is 0 Å². The number of rotatable bonds is 3. The number of benzene rings is 1. The molecule has 0 spiro atoms. The molecule has 0 aliphatic heterocycles. The molecule has 2 aromatic rings. The first-order valence-electron chi connectivity index (χ1n) is 5.77. The largest absolute Gasteiger partial charge is 0.326 e. The van der Waals surface area contributed by atoms with E-state index in [0.717, 1.165) is 27.0 Å². The molecule has 0 amide bonds. The van der Waals surface area contributed by atoms with Crippen LogP contribution in [0.25, 0.3) is 0 Å². The molecule has 18 heavy (non-hydrogen) atoms. The van der Waals surface area contributed by atoms with Gasteiger partial charge in [0.05, 0.1) is 4.47 Å². The molecule has 0 saturated heterocycles. The topological polar surface area (TPSA) is 16.1 Å². The van der Waals surface area contributed by atoms with Gasteiger partial charge in [-0.15, -0.1) is 0 Å². The molecule has 0 bridgehead atoms. The van der Waals surface area contributed by atoms with Gasteiger partial charge in [-0.1, -0.05) is 17.7 Å². The minimum absolute atomic E-state index is 0.871. The molecule has 0 saturated carbocycles. The van der Waals surface area contributed by atoms with Crippen molar-refractivity contribution in [3.63, 3.8) is 0 Å². The number of aromatic nitrogens is 1. The fourth-order valence-electron chi connectivity index (χ4n) is 1.79. The van der Waals surface area contributed by atoms with E-state index in [-0.39, 0.29) is 0 Å². The first kappa shape index (κ1) is 13.6. The maximum atomic E-state index is 4.48. The molecule has 0 aliphatic rings. The quantitative estimate of drug-likeness (QED) is 0.750. The monoisotopic (exact) mass is 368 g/mol. The van der Waals surface area contributed by atoms with Crippen molar-refractivity contribution in [2.24, 2.45) is 0 Å². The molecule has 0 fully saturated rings. The van der Waals surface area contributed by atoms with Crippen LogP contribution < -0.4 is 4.90 Å². The first-order chi connectivity index (χ1) is 8.61. The van der Waals surface area contributed by atoms with E-state index in [4.69, 9.17) is 0 Å². The molecule has 2 nitrogen and oxygen atoms in total. The number of hydrogen-bond acceptors (Lipinski definition) is 2. The average molecular weight is 370 g/mol. The van der Waals surface area contributed by atoms with Crippen molar-refractivity contribution in [2.75, 3.05) is 11.4 Å². The van der Waals surface area contributed by atoms with Crippen LogP contribution in [0.15, 0.2) is 45.5 Å². The normalized spacial score (nSPS) is 10.4. The molecule has 1 aromatic carbocycles. The molecular weight excluding hydrogens is 356 g/mol. The van der Waals surface area contributed by atoms with E-state index in [2.05, 4.69) is 79.9 Å². The highest BCUT2D eigenvalue weighted by Crippen LogP contribution is 2.31. The Morgan fingerprint density at radius 3 is 2.39 bits per heavy atom. The van der Waals surface area contributed by atoms with Crippen LogP contribution in [0.4, 0.5) is 11.5 Å². The van der Waals surface area contributed by atoms with Crippen molar-refractivity contribution in [2.45, 2.75) is 13.8 Å². The fraction of sp³-hybridized carbons (Fsp3) is 0.214. The van der Waals surface area contributed by atoms with Gasteiger partial charge in [-0.05, 0) is 63.9 Å². The molecule has 0 radical (unpaired) electrons. The third kappa shape index (κ3) is 2.93. The molecule has 0 aliphatic carbocycles. The van der Waals surface area contributed by atoms with Crippen LogP contribution >= 0.6 is 31.9 Å². The van der Waals surface area contributed by atoms with Gasteiger partial charge < -0.3 is 4.90 Å². The van der Waals surface area contributed by atoms with E-state index >= 15 is 0 Å². The highest BCUT2D eigenvalue weighted by molar-refractivity contribution is 9.11. The Morgan fingerprint density at radius 2 is 1.83 bits per heavy atom. The van der Waals surface area contributed by atoms with E-state index in [1.165, 1.54) is 5.56 Å². The summed E-state index contributed by atoms with van der Waals surface area (Å²) in [6, 6.07) is 10.5. The summed E-state index contributed by atoms with van der Waals surface area (Å²) in [7, 11) is 0. The standard InChI is InChI=1S/C14H14Br2N2/c1-3-18(12-6-4-10(2)5-7-12)14-13(16)8-11(15)9-17-14/h4-9H,3H2,1-2H3. The highest BCUT2D eigenvalue weighted by atomic mass is 79.9. The van der Waals surface area contributed by atoms with Crippen molar-refractivity contribution < 1.29 is 0 Å². The Kier molecular flexibility index (Phi) is 4.40. The molecule has 2 rings (SSSR count). The van der Waals surface area contributed by atoms with Crippen molar-refractivity contribution in [1.29, 1.82) is 0 Å². The number of anilines is 2. The number of halogens is 2. The molecule has 94 valence electrons. The smallest absolute Gasteiger partial charge is 0.147 e. The number of pyridine rings is 1. The zero-order valence-corrected chi connectivity index (χ0v) is 13.5. The summed E-state index contributed by atoms with van der Waals surface area (Å²) >= 11 is 6.99. The summed E-state index contributed by atoms with van der Waals surface area (Å²) in [6.45, 7) is 5.08. The third-order valence-corrected chi connectivity index (χ3v) is 3.72. The van der Waals surface area contributed by atoms with E-state index in [1.54, 1.807) is 0 Å². The minimum atomic E-state index is 0.871. The third-order valence-electron chi connectivity index (χ3n) is 2.71. The van der Waals surface area contributed by atoms with Crippen LogP contribution in [0.3, 0.4) is 0 Å². The van der Waals surface area contributed by atoms with Gasteiger partial charge in [-0.3, -0.25) is 0 Å². The fourth-order valence-corrected chi connectivity index (χ4v) is 2.99. The Bertz CT molecular complexity index is 538. The van der Waals surface area contributed by atoms with Crippen molar-refractivity contribution in [3.05, 3.63) is 51.0 Å². The van der Waals surface area contributed by atoms with Gasteiger partial charge in [0.25, 0.3) is 0 Å². The molecule has 4 heteroatoms.